The summed E-state index contributed by atoms with van der Waals surface area (Å²) in [7, 11) is -4.95. The van der Waals surface area contributed by atoms with E-state index in [0.29, 0.717) is 4.31 Å². The number of anilines is 1. The van der Waals surface area contributed by atoms with Crippen molar-refractivity contribution >= 4 is 30.5 Å². The minimum atomic E-state index is -4.95. The molecule has 1 rings (SSSR count). The molecule has 1 aromatic carbocycles. The standard InChI is InChI=1S/C9H13N2O7PS/c12-8(13)6-10-9(19(14,15)16)11(20(17)18)7-4-2-1-3-5-7/h1-5,9-10H,6H2,(H,12,13)(H,17,18)(H2,14,15,16)/p-1. The quantitative estimate of drug-likeness (QED) is 0.296. The highest BCUT2D eigenvalue weighted by Crippen LogP contribution is 2.43. The maximum atomic E-state index is 11.4. The van der Waals surface area contributed by atoms with Crippen LogP contribution < -0.4 is 9.62 Å². The summed E-state index contributed by atoms with van der Waals surface area (Å²) in [6.07, 6.45) is 0. The molecule has 20 heavy (non-hydrogen) atoms. The molecule has 0 radical (unpaired) electrons. The number of nitrogens with zero attached hydrogens (tertiary/aromatic N) is 1. The number of rotatable bonds is 7. The molecule has 0 saturated carbocycles. The zero-order valence-electron chi connectivity index (χ0n) is 9.95. The van der Waals surface area contributed by atoms with Crippen molar-refractivity contribution in [1.29, 1.82) is 0 Å². The molecule has 112 valence electrons. The average molecular weight is 323 g/mol. The number of hydrogen-bond donors (Lipinski definition) is 4. The number of carbonyl (C=O) groups is 1. The van der Waals surface area contributed by atoms with E-state index in [1.807, 2.05) is 5.32 Å². The Bertz CT molecular complexity index is 534. The lowest BCUT2D eigenvalue weighted by molar-refractivity contribution is -0.136. The molecule has 0 fully saturated rings. The van der Waals surface area contributed by atoms with Gasteiger partial charge in [-0.3, -0.25) is 23.2 Å². The van der Waals surface area contributed by atoms with Crippen molar-refractivity contribution in [2.75, 3.05) is 10.8 Å². The summed E-state index contributed by atoms with van der Waals surface area (Å²) in [4.78, 5) is 28.9. The molecule has 0 spiro atoms. The lowest BCUT2D eigenvalue weighted by Gasteiger charge is -2.34. The second-order valence-corrected chi connectivity index (χ2v) is 6.11. The summed E-state index contributed by atoms with van der Waals surface area (Å²) in [5.41, 5.74) is -0.00736. The van der Waals surface area contributed by atoms with Crippen molar-refractivity contribution < 1.29 is 33.0 Å². The molecule has 9 nitrogen and oxygen atoms in total. The van der Waals surface area contributed by atoms with Gasteiger partial charge in [0.15, 0.2) is 5.91 Å². The van der Waals surface area contributed by atoms with Gasteiger partial charge in [0.05, 0.1) is 12.2 Å². The minimum absolute atomic E-state index is 0.00736. The van der Waals surface area contributed by atoms with Crippen LogP contribution in [0.15, 0.2) is 30.3 Å². The zero-order chi connectivity index (χ0) is 15.3. The largest absolute Gasteiger partial charge is 0.755 e. The minimum Gasteiger partial charge on any atom is -0.755 e. The van der Waals surface area contributed by atoms with Gasteiger partial charge in [0.1, 0.15) is 0 Å². The van der Waals surface area contributed by atoms with Gasteiger partial charge in [-0.1, -0.05) is 18.2 Å². The number of carboxylic acids is 1. The molecule has 2 unspecified atom stereocenters. The normalized spacial score (nSPS) is 14.6. The Labute approximate surface area is 116 Å². The molecule has 0 amide bonds. The van der Waals surface area contributed by atoms with Gasteiger partial charge in [-0.2, -0.15) is 0 Å². The van der Waals surface area contributed by atoms with Crippen LogP contribution in [0.3, 0.4) is 0 Å². The highest BCUT2D eigenvalue weighted by Gasteiger charge is 2.36. The third-order valence-electron chi connectivity index (χ3n) is 2.15. The number of hydrogen-bond acceptors (Lipinski definition) is 5. The number of carboxylic acid groups (broad SMARTS) is 1. The molecule has 0 aliphatic carbocycles. The molecule has 4 N–H and O–H groups in total. The molecule has 0 saturated heterocycles. The maximum Gasteiger partial charge on any atom is 0.363 e. The maximum absolute atomic E-state index is 11.4. The van der Waals surface area contributed by atoms with Crippen LogP contribution in [-0.4, -0.2) is 42.1 Å². The third-order valence-corrected chi connectivity index (χ3v) is 4.10. The first-order valence-corrected chi connectivity index (χ1v) is 7.89. The van der Waals surface area contributed by atoms with E-state index in [0.717, 1.165) is 0 Å². The fourth-order valence-electron chi connectivity index (χ4n) is 1.40. The lowest BCUT2D eigenvalue weighted by atomic mass is 10.3. The summed E-state index contributed by atoms with van der Waals surface area (Å²) >= 11 is -3.01. The summed E-state index contributed by atoms with van der Waals surface area (Å²) in [5.74, 6) is -3.38. The van der Waals surface area contributed by atoms with Crippen LogP contribution in [0.5, 0.6) is 0 Å². The number of para-hydroxylation sites is 1. The monoisotopic (exact) mass is 323 g/mol. The third kappa shape index (κ3) is 4.67. The second-order valence-electron chi connectivity index (χ2n) is 3.62. The number of aliphatic carboxylic acids is 1. The van der Waals surface area contributed by atoms with Crippen molar-refractivity contribution in [3.8, 4) is 0 Å². The zero-order valence-corrected chi connectivity index (χ0v) is 11.7. The van der Waals surface area contributed by atoms with Crippen LogP contribution in [0.4, 0.5) is 5.69 Å². The highest BCUT2D eigenvalue weighted by atomic mass is 32.2. The van der Waals surface area contributed by atoms with Crippen LogP contribution in [0.25, 0.3) is 0 Å². The summed E-state index contributed by atoms with van der Waals surface area (Å²) in [6.45, 7) is -0.809. The van der Waals surface area contributed by atoms with Crippen LogP contribution in [-0.2, 0) is 20.6 Å². The number of benzene rings is 1. The van der Waals surface area contributed by atoms with E-state index in [9.17, 15) is 27.9 Å². The molecule has 0 heterocycles. The predicted molar refractivity (Wildman–Crippen MR) is 69.3 cm³/mol. The van der Waals surface area contributed by atoms with Gasteiger partial charge in [0.2, 0.25) is 0 Å². The predicted octanol–water partition coefficient (Wildman–Crippen LogP) is -0.577. The molecule has 0 aromatic heterocycles. The van der Waals surface area contributed by atoms with E-state index in [4.69, 9.17) is 5.11 Å². The van der Waals surface area contributed by atoms with Crippen molar-refractivity contribution in [3.63, 3.8) is 0 Å². The molecule has 2 atom stereocenters. The van der Waals surface area contributed by atoms with Crippen LogP contribution >= 0.6 is 7.60 Å². The smallest absolute Gasteiger partial charge is 0.363 e. The van der Waals surface area contributed by atoms with E-state index in [1.165, 1.54) is 24.3 Å². The Morgan fingerprint density at radius 1 is 1.40 bits per heavy atom. The van der Waals surface area contributed by atoms with Gasteiger partial charge in [-0.25, -0.2) is 0 Å². The molecule has 0 aliphatic rings. The topological polar surface area (TPSA) is 150 Å². The van der Waals surface area contributed by atoms with Gasteiger partial charge in [-0.15, -0.1) is 0 Å². The molecular formula is C9H12N2O7PS-. The molecular weight excluding hydrogens is 311 g/mol. The number of nitrogens with one attached hydrogen (secondary N) is 1. The van der Waals surface area contributed by atoms with Crippen LogP contribution in [0.2, 0.25) is 0 Å². The SMILES string of the molecule is O=C(O)CNC(N(c1ccccc1)S(=O)[O-])P(=O)(O)O. The summed E-state index contributed by atoms with van der Waals surface area (Å²) in [5, 5.41) is 10.5. The lowest BCUT2D eigenvalue weighted by Crippen LogP contribution is -2.48. The Hall–Kier alpha value is -1.29. The Morgan fingerprint density at radius 2 is 1.95 bits per heavy atom. The highest BCUT2D eigenvalue weighted by molar-refractivity contribution is 7.81. The first-order valence-electron chi connectivity index (χ1n) is 5.17. The fraction of sp³-hybridized carbons (Fsp3) is 0.222. The van der Waals surface area contributed by atoms with E-state index >= 15 is 0 Å². The van der Waals surface area contributed by atoms with Crippen LogP contribution in [0, 0.1) is 0 Å². The average Bonchev–Trinajstić information content (AvgIpc) is 2.33. The van der Waals surface area contributed by atoms with E-state index in [-0.39, 0.29) is 5.69 Å². The van der Waals surface area contributed by atoms with Crippen molar-refractivity contribution in [2.24, 2.45) is 0 Å². The van der Waals surface area contributed by atoms with E-state index in [2.05, 4.69) is 0 Å². The Balaban J connectivity index is 3.15. The Morgan fingerprint density at radius 3 is 2.35 bits per heavy atom. The fourth-order valence-corrected chi connectivity index (χ4v) is 3.27. The van der Waals surface area contributed by atoms with Gasteiger partial charge < -0.3 is 19.4 Å². The van der Waals surface area contributed by atoms with Gasteiger partial charge >= 0.3 is 13.6 Å². The molecule has 1 aromatic rings. The van der Waals surface area contributed by atoms with Crippen molar-refractivity contribution in [1.82, 2.24) is 5.32 Å². The summed E-state index contributed by atoms with van der Waals surface area (Å²) in [6, 6.07) is 7.18. The van der Waals surface area contributed by atoms with Gasteiger partial charge in [-0.05, 0) is 12.1 Å². The second kappa shape index (κ2) is 6.93. The van der Waals surface area contributed by atoms with Crippen molar-refractivity contribution in [2.45, 2.75) is 5.91 Å². The molecule has 11 heteroatoms. The van der Waals surface area contributed by atoms with Crippen molar-refractivity contribution in [3.05, 3.63) is 30.3 Å². The molecule has 0 bridgehead atoms. The van der Waals surface area contributed by atoms with Crippen LogP contribution in [0.1, 0.15) is 0 Å². The first-order chi connectivity index (χ1) is 9.23. The first kappa shape index (κ1) is 16.8. The molecule has 0 aliphatic heterocycles. The summed E-state index contributed by atoms with van der Waals surface area (Å²) < 4.78 is 34.2. The van der Waals surface area contributed by atoms with E-state index in [1.54, 1.807) is 6.07 Å². The van der Waals surface area contributed by atoms with Gasteiger partial charge in [0, 0.05) is 11.3 Å². The van der Waals surface area contributed by atoms with E-state index < -0.39 is 37.3 Å². The Kier molecular flexibility index (Phi) is 5.81. The van der Waals surface area contributed by atoms with Gasteiger partial charge in [0.25, 0.3) is 0 Å².